The first kappa shape index (κ1) is 14.1. The van der Waals surface area contributed by atoms with Crippen LogP contribution in [0, 0.1) is 0 Å². The van der Waals surface area contributed by atoms with Crippen LogP contribution in [0.2, 0.25) is 0 Å². The number of nitrogens with two attached hydrogens (primary N) is 1. The third kappa shape index (κ3) is 3.61. The summed E-state index contributed by atoms with van der Waals surface area (Å²) in [5.41, 5.74) is 6.98. The highest BCUT2D eigenvalue weighted by molar-refractivity contribution is 5.85. The Morgan fingerprint density at radius 1 is 1.13 bits per heavy atom. The number of methoxy groups -OCH3 is 2. The van der Waals surface area contributed by atoms with Crippen LogP contribution in [0.4, 0.5) is 0 Å². The maximum atomic E-state index is 5.93. The molecule has 1 rings (SSSR count). The second-order valence-electron chi connectivity index (χ2n) is 3.16. The van der Waals surface area contributed by atoms with Crippen LogP contribution in [-0.2, 0) is 0 Å². The smallest absolute Gasteiger partial charge is 0.122 e. The fraction of sp³-hybridized carbons (Fsp3) is 0.455. The Labute approximate surface area is 97.0 Å². The summed E-state index contributed by atoms with van der Waals surface area (Å²) < 4.78 is 10.3. The molecular formula is C11H18ClNO2. The minimum atomic E-state index is 0. The number of ether oxygens (including phenoxy) is 2. The van der Waals surface area contributed by atoms with E-state index in [-0.39, 0.29) is 18.4 Å². The standard InChI is InChI=1S/C11H17NO2.ClH/c1-4-11(12)8-5-9(13-2)7-10(6-8)14-3;/h5-7,11H,4,12H2,1-3H3;1H/t11-;/m0./s1. The predicted octanol–water partition coefficient (Wildman–Crippen LogP) is 2.54. The molecule has 0 aliphatic rings. The van der Waals surface area contributed by atoms with Gasteiger partial charge in [0.25, 0.3) is 0 Å². The average molecular weight is 232 g/mol. The normalized spacial score (nSPS) is 11.5. The molecule has 0 heterocycles. The number of hydrogen-bond donors (Lipinski definition) is 1. The molecule has 0 spiro atoms. The van der Waals surface area contributed by atoms with Gasteiger partial charge in [-0.15, -0.1) is 12.4 Å². The molecule has 0 radical (unpaired) electrons. The Kier molecular flexibility index (Phi) is 6.13. The lowest BCUT2D eigenvalue weighted by atomic mass is 10.0. The van der Waals surface area contributed by atoms with Crippen molar-refractivity contribution in [3.05, 3.63) is 23.8 Å². The third-order valence-corrected chi connectivity index (χ3v) is 2.24. The van der Waals surface area contributed by atoms with Crippen molar-refractivity contribution in [1.82, 2.24) is 0 Å². The molecule has 0 saturated heterocycles. The van der Waals surface area contributed by atoms with Crippen LogP contribution in [0.5, 0.6) is 11.5 Å². The highest BCUT2D eigenvalue weighted by Crippen LogP contribution is 2.26. The predicted molar refractivity (Wildman–Crippen MR) is 64.0 cm³/mol. The third-order valence-electron chi connectivity index (χ3n) is 2.24. The summed E-state index contributed by atoms with van der Waals surface area (Å²) in [6.45, 7) is 2.05. The molecule has 0 aliphatic carbocycles. The summed E-state index contributed by atoms with van der Waals surface area (Å²) in [7, 11) is 3.27. The second-order valence-corrected chi connectivity index (χ2v) is 3.16. The van der Waals surface area contributed by atoms with E-state index in [0.717, 1.165) is 23.5 Å². The van der Waals surface area contributed by atoms with Gasteiger partial charge in [-0.1, -0.05) is 6.92 Å². The van der Waals surface area contributed by atoms with Crippen molar-refractivity contribution < 1.29 is 9.47 Å². The van der Waals surface area contributed by atoms with Crippen LogP contribution in [0.3, 0.4) is 0 Å². The monoisotopic (exact) mass is 231 g/mol. The molecule has 0 aliphatic heterocycles. The van der Waals surface area contributed by atoms with E-state index in [1.54, 1.807) is 14.2 Å². The van der Waals surface area contributed by atoms with Crippen molar-refractivity contribution in [2.24, 2.45) is 5.73 Å². The van der Waals surface area contributed by atoms with Crippen molar-refractivity contribution in [2.75, 3.05) is 14.2 Å². The molecule has 2 N–H and O–H groups in total. The second kappa shape index (κ2) is 6.53. The van der Waals surface area contributed by atoms with E-state index in [1.165, 1.54) is 0 Å². The zero-order valence-corrected chi connectivity index (χ0v) is 10.1. The van der Waals surface area contributed by atoms with E-state index in [0.29, 0.717) is 0 Å². The maximum Gasteiger partial charge on any atom is 0.122 e. The van der Waals surface area contributed by atoms with Gasteiger partial charge in [0.15, 0.2) is 0 Å². The Bertz CT molecular complexity index is 282. The SMILES string of the molecule is CC[C@H](N)c1cc(OC)cc(OC)c1.Cl. The van der Waals surface area contributed by atoms with E-state index >= 15 is 0 Å². The van der Waals surface area contributed by atoms with Gasteiger partial charge in [-0.3, -0.25) is 0 Å². The Morgan fingerprint density at radius 2 is 1.60 bits per heavy atom. The van der Waals surface area contributed by atoms with E-state index in [2.05, 4.69) is 6.92 Å². The molecule has 0 bridgehead atoms. The van der Waals surface area contributed by atoms with Crippen molar-refractivity contribution in [3.63, 3.8) is 0 Å². The van der Waals surface area contributed by atoms with E-state index in [4.69, 9.17) is 15.2 Å². The zero-order chi connectivity index (χ0) is 10.6. The minimum Gasteiger partial charge on any atom is -0.497 e. The molecule has 1 atom stereocenters. The summed E-state index contributed by atoms with van der Waals surface area (Å²) in [4.78, 5) is 0. The first-order valence-corrected chi connectivity index (χ1v) is 4.69. The summed E-state index contributed by atoms with van der Waals surface area (Å²) in [6, 6.07) is 5.76. The Hall–Kier alpha value is -0.930. The lowest BCUT2D eigenvalue weighted by Crippen LogP contribution is -2.08. The van der Waals surface area contributed by atoms with Crippen LogP contribution >= 0.6 is 12.4 Å². The van der Waals surface area contributed by atoms with Gasteiger partial charge in [0.05, 0.1) is 14.2 Å². The van der Waals surface area contributed by atoms with Gasteiger partial charge in [0.2, 0.25) is 0 Å². The highest BCUT2D eigenvalue weighted by atomic mass is 35.5. The topological polar surface area (TPSA) is 44.5 Å². The van der Waals surface area contributed by atoms with Gasteiger partial charge in [-0.05, 0) is 24.1 Å². The van der Waals surface area contributed by atoms with Gasteiger partial charge in [0, 0.05) is 12.1 Å². The molecule has 0 fully saturated rings. The molecule has 15 heavy (non-hydrogen) atoms. The maximum absolute atomic E-state index is 5.93. The fourth-order valence-electron chi connectivity index (χ4n) is 1.28. The molecular weight excluding hydrogens is 214 g/mol. The highest BCUT2D eigenvalue weighted by Gasteiger charge is 2.07. The van der Waals surface area contributed by atoms with Gasteiger partial charge in [-0.25, -0.2) is 0 Å². The molecule has 0 saturated carbocycles. The molecule has 0 amide bonds. The quantitative estimate of drug-likeness (QED) is 0.866. The molecule has 0 unspecified atom stereocenters. The Balaban J connectivity index is 0.00000196. The first-order chi connectivity index (χ1) is 6.71. The molecule has 1 aromatic carbocycles. The van der Waals surface area contributed by atoms with Crippen LogP contribution in [0.15, 0.2) is 18.2 Å². The number of rotatable bonds is 4. The van der Waals surface area contributed by atoms with Crippen LogP contribution in [0.25, 0.3) is 0 Å². The molecule has 4 heteroatoms. The molecule has 0 aromatic heterocycles. The van der Waals surface area contributed by atoms with Crippen LogP contribution in [-0.4, -0.2) is 14.2 Å². The lowest BCUT2D eigenvalue weighted by Gasteiger charge is -2.12. The summed E-state index contributed by atoms with van der Waals surface area (Å²) in [6.07, 6.45) is 0.899. The first-order valence-electron chi connectivity index (χ1n) is 4.69. The van der Waals surface area contributed by atoms with Gasteiger partial charge >= 0.3 is 0 Å². The summed E-state index contributed by atoms with van der Waals surface area (Å²) in [5.74, 6) is 1.56. The van der Waals surface area contributed by atoms with Crippen molar-refractivity contribution in [3.8, 4) is 11.5 Å². The van der Waals surface area contributed by atoms with E-state index in [9.17, 15) is 0 Å². The molecule has 3 nitrogen and oxygen atoms in total. The molecule has 1 aromatic rings. The average Bonchev–Trinajstić information content (AvgIpc) is 2.27. The van der Waals surface area contributed by atoms with Gasteiger partial charge in [-0.2, -0.15) is 0 Å². The number of halogens is 1. The minimum absolute atomic E-state index is 0. The number of hydrogen-bond acceptors (Lipinski definition) is 3. The molecule has 86 valence electrons. The van der Waals surface area contributed by atoms with Crippen LogP contribution < -0.4 is 15.2 Å². The van der Waals surface area contributed by atoms with Crippen molar-refractivity contribution in [1.29, 1.82) is 0 Å². The van der Waals surface area contributed by atoms with E-state index in [1.807, 2.05) is 18.2 Å². The lowest BCUT2D eigenvalue weighted by molar-refractivity contribution is 0.392. The Morgan fingerprint density at radius 3 is 1.93 bits per heavy atom. The van der Waals surface area contributed by atoms with E-state index < -0.39 is 0 Å². The van der Waals surface area contributed by atoms with Crippen molar-refractivity contribution >= 4 is 12.4 Å². The summed E-state index contributed by atoms with van der Waals surface area (Å²) >= 11 is 0. The summed E-state index contributed by atoms with van der Waals surface area (Å²) in [5, 5.41) is 0. The van der Waals surface area contributed by atoms with Gasteiger partial charge < -0.3 is 15.2 Å². The largest absolute Gasteiger partial charge is 0.497 e. The number of benzene rings is 1. The zero-order valence-electron chi connectivity index (χ0n) is 9.32. The van der Waals surface area contributed by atoms with Gasteiger partial charge in [0.1, 0.15) is 11.5 Å². The van der Waals surface area contributed by atoms with Crippen LogP contribution in [0.1, 0.15) is 24.9 Å². The fourth-order valence-corrected chi connectivity index (χ4v) is 1.28. The van der Waals surface area contributed by atoms with Crippen molar-refractivity contribution in [2.45, 2.75) is 19.4 Å².